The Morgan fingerprint density at radius 1 is 0.562 bits per heavy atom. The molecule has 16 heavy (non-hydrogen) atoms. The molecule has 2 aromatic carbocycles. The molecule has 0 saturated heterocycles. The zero-order valence-corrected chi connectivity index (χ0v) is 12.0. The van der Waals surface area contributed by atoms with E-state index >= 15 is 0 Å². The van der Waals surface area contributed by atoms with Crippen LogP contribution < -0.4 is 9.96 Å². The Morgan fingerprint density at radius 2 is 0.938 bits per heavy atom. The van der Waals surface area contributed by atoms with Gasteiger partial charge in [-0.2, -0.15) is 0 Å². The summed E-state index contributed by atoms with van der Waals surface area (Å²) in [6.07, 6.45) is 0. The Balaban J connectivity index is 1.70. The van der Waals surface area contributed by atoms with Crippen molar-refractivity contribution in [2.24, 2.45) is 0 Å². The molecule has 0 amide bonds. The fourth-order valence-electron chi connectivity index (χ4n) is 1.53. The molecule has 0 bridgehead atoms. The van der Waals surface area contributed by atoms with Crippen molar-refractivity contribution in [1.29, 1.82) is 0 Å². The smallest absolute Gasteiger partial charge is 0.127 e. The van der Waals surface area contributed by atoms with Gasteiger partial charge in [0, 0.05) is 11.4 Å². The van der Waals surface area contributed by atoms with Crippen LogP contribution in [0, 0.1) is 0 Å². The average Bonchev–Trinajstić information content (AvgIpc) is 2.37. The molecule has 82 valence electrons. The molecule has 0 aliphatic heterocycles. The minimum Gasteiger partial charge on any atom is -0.417 e. The first-order valence-electron chi connectivity index (χ1n) is 5.53. The molecule has 2 nitrogen and oxygen atoms in total. The lowest BCUT2D eigenvalue weighted by Crippen LogP contribution is -2.21. The van der Waals surface area contributed by atoms with Gasteiger partial charge in [-0.3, -0.25) is 0 Å². The van der Waals surface area contributed by atoms with Crippen LogP contribution in [-0.4, -0.2) is 18.4 Å². The third-order valence-electron chi connectivity index (χ3n) is 2.33. The Hall–Kier alpha value is -1.53. The molecule has 0 fully saturated rings. The standard InChI is InChI=1S/C12H16N2Si2/c1-3-7-11(8-4-1)13-15-16-14-12-9-5-2-6-10-12/h1-10,13-14H,15-16H2. The summed E-state index contributed by atoms with van der Waals surface area (Å²) in [4.78, 5) is 7.11. The van der Waals surface area contributed by atoms with Crippen LogP contribution in [0.3, 0.4) is 0 Å². The van der Waals surface area contributed by atoms with Crippen LogP contribution in [0.4, 0.5) is 11.4 Å². The zero-order chi connectivity index (χ0) is 11.1. The molecule has 2 N–H and O–H groups in total. The monoisotopic (exact) mass is 244 g/mol. The number of anilines is 2. The predicted octanol–water partition coefficient (Wildman–Crippen LogP) is 1.29. The highest BCUT2D eigenvalue weighted by Crippen LogP contribution is 2.04. The van der Waals surface area contributed by atoms with Crippen molar-refractivity contribution in [1.82, 2.24) is 0 Å². The second kappa shape index (κ2) is 6.14. The maximum absolute atomic E-state index is 3.55. The molecule has 0 aliphatic rings. The Labute approximate surface area is 101 Å². The summed E-state index contributed by atoms with van der Waals surface area (Å²) >= 11 is 0. The van der Waals surface area contributed by atoms with Crippen LogP contribution in [0.5, 0.6) is 0 Å². The molecule has 2 aromatic rings. The largest absolute Gasteiger partial charge is 0.417 e. The second-order valence-electron chi connectivity index (χ2n) is 3.59. The Bertz CT molecular complexity index is 364. The minimum absolute atomic E-state index is 0.153. The summed E-state index contributed by atoms with van der Waals surface area (Å²) in [5.41, 5.74) is 2.52. The SMILES string of the molecule is c1ccc(N[SiH2][SiH2]Nc2ccccc2)cc1. The van der Waals surface area contributed by atoms with Crippen molar-refractivity contribution in [2.75, 3.05) is 9.96 Å². The van der Waals surface area contributed by atoms with Gasteiger partial charge in [0.1, 0.15) is 18.4 Å². The molecule has 0 heterocycles. The molecule has 0 spiro atoms. The predicted molar refractivity (Wildman–Crippen MR) is 77.2 cm³/mol. The summed E-state index contributed by atoms with van der Waals surface area (Å²) in [7, 11) is -0.306. The van der Waals surface area contributed by atoms with Crippen LogP contribution in [0.1, 0.15) is 0 Å². The van der Waals surface area contributed by atoms with Crippen molar-refractivity contribution in [3.05, 3.63) is 60.7 Å². The van der Waals surface area contributed by atoms with Crippen LogP contribution in [0.15, 0.2) is 60.7 Å². The van der Waals surface area contributed by atoms with Crippen molar-refractivity contribution in [2.45, 2.75) is 0 Å². The lowest BCUT2D eigenvalue weighted by Gasteiger charge is -2.07. The second-order valence-corrected chi connectivity index (χ2v) is 8.29. The summed E-state index contributed by atoms with van der Waals surface area (Å²) in [6, 6.07) is 20.9. The molecular formula is C12H16N2Si2. The average molecular weight is 244 g/mol. The number of hydrogen-bond donors (Lipinski definition) is 2. The first-order valence-corrected chi connectivity index (χ1v) is 10.9. The van der Waals surface area contributed by atoms with Gasteiger partial charge < -0.3 is 9.96 Å². The molecule has 0 radical (unpaired) electrons. The van der Waals surface area contributed by atoms with E-state index in [0.717, 1.165) is 0 Å². The van der Waals surface area contributed by atoms with Crippen molar-refractivity contribution in [3.8, 4) is 0 Å². The summed E-state index contributed by atoms with van der Waals surface area (Å²) in [5, 5.41) is 0. The van der Waals surface area contributed by atoms with E-state index in [-0.39, 0.29) is 18.4 Å². The van der Waals surface area contributed by atoms with E-state index in [4.69, 9.17) is 0 Å². The molecule has 0 saturated carbocycles. The van der Waals surface area contributed by atoms with Gasteiger partial charge in [-0.1, -0.05) is 36.4 Å². The van der Waals surface area contributed by atoms with Gasteiger partial charge in [-0.25, -0.2) is 0 Å². The van der Waals surface area contributed by atoms with Gasteiger partial charge in [0.15, 0.2) is 0 Å². The maximum Gasteiger partial charge on any atom is 0.127 e. The molecule has 0 aliphatic carbocycles. The van der Waals surface area contributed by atoms with E-state index in [1.807, 2.05) is 12.1 Å². The van der Waals surface area contributed by atoms with Crippen LogP contribution in [0.2, 0.25) is 0 Å². The van der Waals surface area contributed by atoms with E-state index in [2.05, 4.69) is 58.5 Å². The Morgan fingerprint density at radius 3 is 1.31 bits per heavy atom. The molecule has 0 unspecified atom stereocenters. The first-order chi connectivity index (χ1) is 7.95. The number of rotatable bonds is 5. The van der Waals surface area contributed by atoms with Gasteiger partial charge in [0.05, 0.1) is 0 Å². The zero-order valence-electron chi connectivity index (χ0n) is 9.19. The third kappa shape index (κ3) is 3.56. The van der Waals surface area contributed by atoms with Gasteiger partial charge >= 0.3 is 0 Å². The first kappa shape index (κ1) is 11.0. The van der Waals surface area contributed by atoms with E-state index in [1.54, 1.807) is 0 Å². The fraction of sp³-hybridized carbons (Fsp3) is 0. The Kier molecular flexibility index (Phi) is 4.21. The molecule has 0 atom stereocenters. The van der Waals surface area contributed by atoms with Crippen molar-refractivity contribution in [3.63, 3.8) is 0 Å². The highest BCUT2D eigenvalue weighted by Gasteiger charge is 1.92. The summed E-state index contributed by atoms with van der Waals surface area (Å²) in [6.45, 7) is 0. The summed E-state index contributed by atoms with van der Waals surface area (Å²) in [5.74, 6) is 0. The topological polar surface area (TPSA) is 24.1 Å². The minimum atomic E-state index is -0.153. The fourth-order valence-corrected chi connectivity index (χ4v) is 5.31. The highest BCUT2D eigenvalue weighted by atomic mass is 29.2. The van der Waals surface area contributed by atoms with Crippen LogP contribution >= 0.6 is 0 Å². The van der Waals surface area contributed by atoms with E-state index in [1.165, 1.54) is 11.4 Å². The number of nitrogens with one attached hydrogen (secondary N) is 2. The third-order valence-corrected chi connectivity index (χ3v) is 6.15. The molecule has 4 heteroatoms. The van der Waals surface area contributed by atoms with Gasteiger partial charge in [-0.05, 0) is 24.3 Å². The van der Waals surface area contributed by atoms with E-state index < -0.39 is 0 Å². The lowest BCUT2D eigenvalue weighted by atomic mass is 10.3. The van der Waals surface area contributed by atoms with E-state index in [0.29, 0.717) is 0 Å². The van der Waals surface area contributed by atoms with Crippen LogP contribution in [0.25, 0.3) is 0 Å². The van der Waals surface area contributed by atoms with Gasteiger partial charge in [-0.15, -0.1) is 0 Å². The van der Waals surface area contributed by atoms with Crippen molar-refractivity contribution < 1.29 is 0 Å². The number of hydrogen-bond acceptors (Lipinski definition) is 2. The molecular weight excluding hydrogens is 228 g/mol. The van der Waals surface area contributed by atoms with Crippen LogP contribution in [-0.2, 0) is 0 Å². The molecule has 2 rings (SSSR count). The quantitative estimate of drug-likeness (QED) is 0.612. The summed E-state index contributed by atoms with van der Waals surface area (Å²) < 4.78 is 0. The van der Waals surface area contributed by atoms with E-state index in [9.17, 15) is 0 Å². The lowest BCUT2D eigenvalue weighted by molar-refractivity contribution is 1.66. The van der Waals surface area contributed by atoms with Crippen molar-refractivity contribution >= 4 is 29.8 Å². The van der Waals surface area contributed by atoms with Gasteiger partial charge in [0.25, 0.3) is 0 Å². The number of para-hydroxylation sites is 2. The number of benzene rings is 2. The normalized spacial score (nSPS) is 11.2. The highest BCUT2D eigenvalue weighted by molar-refractivity contribution is 7.03. The maximum atomic E-state index is 3.55. The van der Waals surface area contributed by atoms with Gasteiger partial charge in [0.2, 0.25) is 0 Å². The molecule has 0 aromatic heterocycles.